The second-order valence-corrected chi connectivity index (χ2v) is 5.96. The Labute approximate surface area is 131 Å². The van der Waals surface area contributed by atoms with E-state index in [1.165, 1.54) is 17.0 Å². The number of benzene rings is 1. The Balaban J connectivity index is 2.25. The number of anilines is 2. The fourth-order valence-corrected chi connectivity index (χ4v) is 3.03. The molecule has 7 heteroatoms. The summed E-state index contributed by atoms with van der Waals surface area (Å²) < 4.78 is 0. The van der Waals surface area contributed by atoms with Gasteiger partial charge in [0.2, 0.25) is 11.2 Å². The first-order valence-electron chi connectivity index (χ1n) is 6.19. The molecule has 0 saturated heterocycles. The Kier molecular flexibility index (Phi) is 3.07. The molecule has 0 spiro atoms. The molecule has 0 saturated carbocycles. The Morgan fingerprint density at radius 3 is 2.38 bits per heavy atom. The minimum Gasteiger partial charge on any atom is -0.508 e. The van der Waals surface area contributed by atoms with E-state index in [9.17, 15) is 9.90 Å². The van der Waals surface area contributed by atoms with Crippen LogP contribution in [0.5, 0.6) is 5.75 Å². The summed E-state index contributed by atoms with van der Waals surface area (Å²) in [5.41, 5.74) is 0.275. The predicted octanol–water partition coefficient (Wildman–Crippen LogP) is 3.44. The number of halogens is 2. The van der Waals surface area contributed by atoms with E-state index in [0.717, 1.165) is 0 Å². The molecule has 0 bridgehead atoms. The highest BCUT2D eigenvalue weighted by Crippen LogP contribution is 2.47. The minimum atomic E-state index is -0.852. The second-order valence-electron chi connectivity index (χ2n) is 5.26. The van der Waals surface area contributed by atoms with Crippen molar-refractivity contribution in [3.8, 4) is 5.75 Å². The average Bonchev–Trinajstić information content (AvgIpc) is 2.58. The van der Waals surface area contributed by atoms with Crippen molar-refractivity contribution in [3.63, 3.8) is 0 Å². The van der Waals surface area contributed by atoms with E-state index < -0.39 is 5.41 Å². The summed E-state index contributed by atoms with van der Waals surface area (Å²) >= 11 is 12.0. The molecule has 5 nitrogen and oxygen atoms in total. The van der Waals surface area contributed by atoms with Crippen LogP contribution in [0, 0.1) is 0 Å². The molecule has 3 rings (SSSR count). The quantitative estimate of drug-likeness (QED) is 0.644. The first-order chi connectivity index (χ1) is 9.82. The fourth-order valence-electron chi connectivity index (χ4n) is 2.42. The number of phenolic OH excluding ortho intramolecular Hbond substituents is 1. The monoisotopic (exact) mass is 323 g/mol. The van der Waals surface area contributed by atoms with Crippen LogP contribution in [0.4, 0.5) is 11.5 Å². The first kappa shape index (κ1) is 14.1. The first-order valence-corrected chi connectivity index (χ1v) is 6.95. The Morgan fingerprint density at radius 2 is 1.76 bits per heavy atom. The van der Waals surface area contributed by atoms with E-state index in [-0.39, 0.29) is 22.1 Å². The third kappa shape index (κ3) is 2.04. The summed E-state index contributed by atoms with van der Waals surface area (Å²) in [6, 6.07) is 6.25. The van der Waals surface area contributed by atoms with E-state index in [0.29, 0.717) is 17.1 Å². The number of phenols is 1. The average molecular weight is 324 g/mol. The van der Waals surface area contributed by atoms with Gasteiger partial charge in [-0.15, -0.1) is 0 Å². The van der Waals surface area contributed by atoms with Gasteiger partial charge in [0.15, 0.2) is 5.82 Å². The summed E-state index contributed by atoms with van der Waals surface area (Å²) in [6.45, 7) is 3.52. The van der Waals surface area contributed by atoms with Crippen molar-refractivity contribution in [1.82, 2.24) is 9.97 Å². The number of nitrogens with zero attached hydrogens (tertiary/aromatic N) is 3. The van der Waals surface area contributed by atoms with Crippen LogP contribution in [0.1, 0.15) is 19.4 Å². The normalized spacial score (nSPS) is 16.2. The topological polar surface area (TPSA) is 66.3 Å². The maximum atomic E-state index is 12.7. The number of fused-ring (bicyclic) bond motifs is 1. The van der Waals surface area contributed by atoms with Crippen LogP contribution >= 0.6 is 23.2 Å². The summed E-state index contributed by atoms with van der Waals surface area (Å²) in [6.07, 6.45) is 0. The molecule has 2 aromatic rings. The van der Waals surface area contributed by atoms with Crippen molar-refractivity contribution in [2.75, 3.05) is 4.90 Å². The molecular formula is C14H11Cl2N3O2. The zero-order valence-electron chi connectivity index (χ0n) is 11.3. The van der Waals surface area contributed by atoms with Crippen LogP contribution < -0.4 is 4.90 Å². The van der Waals surface area contributed by atoms with Crippen molar-refractivity contribution in [3.05, 3.63) is 40.3 Å². The van der Waals surface area contributed by atoms with Gasteiger partial charge in [-0.3, -0.25) is 9.69 Å². The lowest BCUT2D eigenvalue weighted by molar-refractivity contribution is -0.121. The van der Waals surface area contributed by atoms with E-state index in [4.69, 9.17) is 23.2 Å². The SMILES string of the molecule is CC1(C)C(=O)N(c2ccc(O)cc2)c2nc(Cl)nc(Cl)c21. The predicted molar refractivity (Wildman–Crippen MR) is 80.3 cm³/mol. The summed E-state index contributed by atoms with van der Waals surface area (Å²) in [5, 5.41) is 9.53. The van der Waals surface area contributed by atoms with Gasteiger partial charge < -0.3 is 5.11 Å². The van der Waals surface area contributed by atoms with Gasteiger partial charge in [-0.05, 0) is 49.7 Å². The van der Waals surface area contributed by atoms with Gasteiger partial charge in [0.1, 0.15) is 10.9 Å². The van der Waals surface area contributed by atoms with E-state index in [1.807, 2.05) is 0 Å². The van der Waals surface area contributed by atoms with Crippen LogP contribution in [-0.2, 0) is 10.2 Å². The Bertz CT molecular complexity index is 745. The van der Waals surface area contributed by atoms with Gasteiger partial charge in [-0.25, -0.2) is 4.98 Å². The molecule has 1 aromatic carbocycles. The maximum absolute atomic E-state index is 12.7. The molecule has 1 amide bonds. The third-order valence-corrected chi connectivity index (χ3v) is 3.94. The van der Waals surface area contributed by atoms with Crippen molar-refractivity contribution in [2.24, 2.45) is 0 Å². The molecule has 21 heavy (non-hydrogen) atoms. The summed E-state index contributed by atoms with van der Waals surface area (Å²) in [7, 11) is 0. The summed E-state index contributed by atoms with van der Waals surface area (Å²) in [5.74, 6) is 0.311. The molecule has 0 atom stereocenters. The molecule has 1 aromatic heterocycles. The van der Waals surface area contributed by atoms with Crippen molar-refractivity contribution in [2.45, 2.75) is 19.3 Å². The highest BCUT2D eigenvalue weighted by Gasteiger charge is 2.48. The Hall–Kier alpha value is -1.85. The molecule has 0 aliphatic carbocycles. The second kappa shape index (κ2) is 4.58. The molecule has 0 fully saturated rings. The van der Waals surface area contributed by atoms with Crippen molar-refractivity contribution in [1.29, 1.82) is 0 Å². The molecule has 0 radical (unpaired) electrons. The van der Waals surface area contributed by atoms with Gasteiger partial charge in [-0.1, -0.05) is 11.6 Å². The number of hydrogen-bond donors (Lipinski definition) is 1. The zero-order chi connectivity index (χ0) is 15.4. The lowest BCUT2D eigenvalue weighted by Gasteiger charge is -2.19. The largest absolute Gasteiger partial charge is 0.508 e. The summed E-state index contributed by atoms with van der Waals surface area (Å²) in [4.78, 5) is 22.2. The van der Waals surface area contributed by atoms with Gasteiger partial charge in [0.25, 0.3) is 0 Å². The van der Waals surface area contributed by atoms with E-state index >= 15 is 0 Å². The number of carbonyl (C=O) groups is 1. The molecular weight excluding hydrogens is 313 g/mol. The van der Waals surface area contributed by atoms with Crippen molar-refractivity contribution >= 4 is 40.6 Å². The highest BCUT2D eigenvalue weighted by atomic mass is 35.5. The minimum absolute atomic E-state index is 0.0203. The van der Waals surface area contributed by atoms with E-state index in [2.05, 4.69) is 9.97 Å². The van der Waals surface area contributed by atoms with Crippen LogP contribution in [0.15, 0.2) is 24.3 Å². The molecule has 1 aliphatic rings. The van der Waals surface area contributed by atoms with Gasteiger partial charge in [0, 0.05) is 5.56 Å². The Morgan fingerprint density at radius 1 is 1.14 bits per heavy atom. The van der Waals surface area contributed by atoms with Gasteiger partial charge in [0.05, 0.1) is 11.1 Å². The number of amides is 1. The van der Waals surface area contributed by atoms with Crippen LogP contribution in [0.25, 0.3) is 0 Å². The number of hydrogen-bond acceptors (Lipinski definition) is 4. The fraction of sp³-hybridized carbons (Fsp3) is 0.214. The van der Waals surface area contributed by atoms with Crippen LogP contribution in [0.3, 0.4) is 0 Å². The number of aromatic nitrogens is 2. The van der Waals surface area contributed by atoms with Gasteiger partial charge >= 0.3 is 0 Å². The van der Waals surface area contributed by atoms with Crippen LogP contribution in [-0.4, -0.2) is 21.0 Å². The lowest BCUT2D eigenvalue weighted by Crippen LogP contribution is -2.33. The third-order valence-electron chi connectivity index (χ3n) is 3.50. The van der Waals surface area contributed by atoms with Crippen LogP contribution in [0.2, 0.25) is 10.4 Å². The maximum Gasteiger partial charge on any atom is 0.243 e. The molecule has 1 N–H and O–H groups in total. The highest BCUT2D eigenvalue weighted by molar-refractivity contribution is 6.34. The molecule has 108 valence electrons. The number of aromatic hydroxyl groups is 1. The molecule has 1 aliphatic heterocycles. The lowest BCUT2D eigenvalue weighted by atomic mass is 9.88. The molecule has 0 unspecified atom stereocenters. The number of rotatable bonds is 1. The number of carbonyl (C=O) groups excluding carboxylic acids is 1. The smallest absolute Gasteiger partial charge is 0.243 e. The van der Waals surface area contributed by atoms with Gasteiger partial charge in [-0.2, -0.15) is 4.98 Å². The zero-order valence-corrected chi connectivity index (χ0v) is 12.8. The van der Waals surface area contributed by atoms with Crippen molar-refractivity contribution < 1.29 is 9.90 Å². The standard InChI is InChI=1S/C14H11Cl2N3O2/c1-14(2)9-10(15)17-13(16)18-11(9)19(12(14)21)7-3-5-8(20)6-4-7/h3-6,20H,1-2H3. The van der Waals surface area contributed by atoms with E-state index in [1.54, 1.807) is 26.0 Å². The molecule has 2 heterocycles.